The molecule has 1 N–H and O–H groups in total. The van der Waals surface area contributed by atoms with Crippen molar-refractivity contribution in [2.75, 3.05) is 0 Å². The third-order valence-electron chi connectivity index (χ3n) is 4.46. The van der Waals surface area contributed by atoms with Gasteiger partial charge in [0.25, 0.3) is 0 Å². The summed E-state index contributed by atoms with van der Waals surface area (Å²) in [5.41, 5.74) is 4.92. The number of imidazole rings is 1. The molecule has 25 heavy (non-hydrogen) atoms. The Kier molecular flexibility index (Phi) is 4.42. The van der Waals surface area contributed by atoms with Gasteiger partial charge in [0.2, 0.25) is 0 Å². The van der Waals surface area contributed by atoms with Crippen molar-refractivity contribution in [2.24, 2.45) is 0 Å². The molecule has 0 amide bonds. The summed E-state index contributed by atoms with van der Waals surface area (Å²) < 4.78 is 1.87. The van der Waals surface area contributed by atoms with Crippen LogP contribution in [0.25, 0.3) is 5.69 Å². The van der Waals surface area contributed by atoms with Crippen LogP contribution in [0.15, 0.2) is 49.1 Å². The Hall–Kier alpha value is -2.92. The SMILES string of the molecule is Cc1ccc(-n2ccnc2)cc1C(O)c1c(C)cc(C(=O)[O-])cc1C. The lowest BCUT2D eigenvalue weighted by molar-refractivity contribution is -0.255. The molecule has 2 aromatic carbocycles. The monoisotopic (exact) mass is 335 g/mol. The lowest BCUT2D eigenvalue weighted by atomic mass is 9.89. The molecule has 0 aliphatic carbocycles. The summed E-state index contributed by atoms with van der Waals surface area (Å²) in [6.07, 6.45) is 4.39. The van der Waals surface area contributed by atoms with Crippen molar-refractivity contribution in [1.29, 1.82) is 0 Å². The molecule has 0 aliphatic heterocycles. The molecule has 0 saturated carbocycles. The molecule has 3 rings (SSSR count). The van der Waals surface area contributed by atoms with Gasteiger partial charge in [0.05, 0.1) is 12.3 Å². The first-order valence-corrected chi connectivity index (χ1v) is 7.98. The lowest BCUT2D eigenvalue weighted by Gasteiger charge is -2.21. The van der Waals surface area contributed by atoms with E-state index in [0.29, 0.717) is 0 Å². The number of hydrogen-bond donors (Lipinski definition) is 1. The van der Waals surface area contributed by atoms with Crippen LogP contribution in [-0.2, 0) is 0 Å². The fourth-order valence-electron chi connectivity index (χ4n) is 3.17. The molecule has 1 unspecified atom stereocenters. The van der Waals surface area contributed by atoms with E-state index in [9.17, 15) is 15.0 Å². The van der Waals surface area contributed by atoms with Crippen molar-refractivity contribution >= 4 is 5.97 Å². The van der Waals surface area contributed by atoms with E-state index in [4.69, 9.17) is 0 Å². The van der Waals surface area contributed by atoms with Gasteiger partial charge in [-0.3, -0.25) is 0 Å². The van der Waals surface area contributed by atoms with Crippen LogP contribution in [0.2, 0.25) is 0 Å². The molecule has 128 valence electrons. The number of aliphatic hydroxyl groups excluding tert-OH is 1. The minimum Gasteiger partial charge on any atom is -0.545 e. The van der Waals surface area contributed by atoms with Crippen LogP contribution in [0.4, 0.5) is 0 Å². The average molecular weight is 335 g/mol. The molecule has 0 bridgehead atoms. The van der Waals surface area contributed by atoms with Gasteiger partial charge in [-0.05, 0) is 78.4 Å². The first-order chi connectivity index (χ1) is 11.9. The lowest BCUT2D eigenvalue weighted by Crippen LogP contribution is -2.23. The molecule has 3 aromatic rings. The molecule has 1 atom stereocenters. The first kappa shape index (κ1) is 16.9. The van der Waals surface area contributed by atoms with E-state index >= 15 is 0 Å². The Morgan fingerprint density at radius 2 is 1.80 bits per heavy atom. The largest absolute Gasteiger partial charge is 0.545 e. The smallest absolute Gasteiger partial charge is 0.105 e. The Morgan fingerprint density at radius 3 is 2.36 bits per heavy atom. The number of nitrogens with zero attached hydrogens (tertiary/aromatic N) is 2. The van der Waals surface area contributed by atoms with Gasteiger partial charge in [-0.2, -0.15) is 0 Å². The summed E-state index contributed by atoms with van der Waals surface area (Å²) in [4.78, 5) is 15.2. The van der Waals surface area contributed by atoms with Gasteiger partial charge in [-0.1, -0.05) is 6.07 Å². The third kappa shape index (κ3) is 3.19. The molecule has 0 aliphatic rings. The molecular weight excluding hydrogens is 316 g/mol. The maximum Gasteiger partial charge on any atom is 0.105 e. The summed E-state index contributed by atoms with van der Waals surface area (Å²) in [6.45, 7) is 5.54. The van der Waals surface area contributed by atoms with E-state index in [1.54, 1.807) is 26.4 Å². The maximum absolute atomic E-state index is 11.1. The topological polar surface area (TPSA) is 78.2 Å². The number of aromatic carboxylic acids is 1. The van der Waals surface area contributed by atoms with Gasteiger partial charge in [0, 0.05) is 18.1 Å². The molecule has 1 aromatic heterocycles. The van der Waals surface area contributed by atoms with Crippen LogP contribution in [0, 0.1) is 20.8 Å². The van der Waals surface area contributed by atoms with Gasteiger partial charge >= 0.3 is 0 Å². The van der Waals surface area contributed by atoms with E-state index in [1.807, 2.05) is 35.9 Å². The number of carboxylic acids is 1. The molecule has 0 radical (unpaired) electrons. The molecule has 5 heteroatoms. The van der Waals surface area contributed by atoms with Crippen molar-refractivity contribution in [3.8, 4) is 5.69 Å². The van der Waals surface area contributed by atoms with Gasteiger partial charge in [-0.15, -0.1) is 0 Å². The van der Waals surface area contributed by atoms with Crippen LogP contribution >= 0.6 is 0 Å². The molecule has 0 spiro atoms. The van der Waals surface area contributed by atoms with E-state index in [1.165, 1.54) is 12.1 Å². The average Bonchev–Trinajstić information content (AvgIpc) is 3.08. The predicted molar refractivity (Wildman–Crippen MR) is 92.6 cm³/mol. The van der Waals surface area contributed by atoms with Crippen molar-refractivity contribution in [1.82, 2.24) is 9.55 Å². The van der Waals surface area contributed by atoms with Crippen molar-refractivity contribution in [3.63, 3.8) is 0 Å². The second-order valence-electron chi connectivity index (χ2n) is 6.22. The normalized spacial score (nSPS) is 12.2. The van der Waals surface area contributed by atoms with Crippen LogP contribution in [0.1, 0.15) is 44.3 Å². The maximum atomic E-state index is 11.1. The van der Waals surface area contributed by atoms with E-state index in [0.717, 1.165) is 33.5 Å². The standard InChI is InChI=1S/C20H20N2O3/c1-12-4-5-16(22-7-6-21-11-22)10-17(12)19(23)18-13(2)8-15(20(24)25)9-14(18)3/h4-11,19,23H,1-3H3,(H,24,25)/p-1. The number of rotatable bonds is 4. The zero-order valence-corrected chi connectivity index (χ0v) is 14.4. The zero-order chi connectivity index (χ0) is 18.1. The van der Waals surface area contributed by atoms with Crippen molar-refractivity contribution < 1.29 is 15.0 Å². The summed E-state index contributed by atoms with van der Waals surface area (Å²) in [6, 6.07) is 8.92. The van der Waals surface area contributed by atoms with Crippen molar-refractivity contribution in [3.05, 3.63) is 82.4 Å². The van der Waals surface area contributed by atoms with Crippen LogP contribution in [0.5, 0.6) is 0 Å². The Labute approximate surface area is 146 Å². The quantitative estimate of drug-likeness (QED) is 0.793. The number of benzene rings is 2. The Bertz CT molecular complexity index is 907. The number of aryl methyl sites for hydroxylation is 3. The third-order valence-corrected chi connectivity index (χ3v) is 4.46. The summed E-state index contributed by atoms with van der Waals surface area (Å²) in [5, 5.41) is 22.1. The summed E-state index contributed by atoms with van der Waals surface area (Å²) in [5.74, 6) is -1.22. The number of carbonyl (C=O) groups excluding carboxylic acids is 1. The highest BCUT2D eigenvalue weighted by Gasteiger charge is 2.19. The van der Waals surface area contributed by atoms with Crippen LogP contribution < -0.4 is 5.11 Å². The highest BCUT2D eigenvalue weighted by molar-refractivity contribution is 5.86. The fraction of sp³-hybridized carbons (Fsp3) is 0.200. The molecule has 1 heterocycles. The predicted octanol–water partition coefficient (Wildman–Crippen LogP) is 2.24. The van der Waals surface area contributed by atoms with E-state index in [2.05, 4.69) is 4.98 Å². The number of carbonyl (C=O) groups is 1. The summed E-state index contributed by atoms with van der Waals surface area (Å²) >= 11 is 0. The fourth-order valence-corrected chi connectivity index (χ4v) is 3.17. The van der Waals surface area contributed by atoms with Gasteiger partial charge < -0.3 is 19.6 Å². The second-order valence-corrected chi connectivity index (χ2v) is 6.22. The number of hydrogen-bond acceptors (Lipinski definition) is 4. The highest BCUT2D eigenvalue weighted by atomic mass is 16.4. The van der Waals surface area contributed by atoms with Gasteiger partial charge in [0.1, 0.15) is 6.10 Å². The molecule has 0 saturated heterocycles. The van der Waals surface area contributed by atoms with Crippen LogP contribution in [0.3, 0.4) is 0 Å². The highest BCUT2D eigenvalue weighted by Crippen LogP contribution is 2.31. The van der Waals surface area contributed by atoms with Crippen molar-refractivity contribution in [2.45, 2.75) is 26.9 Å². The van der Waals surface area contributed by atoms with E-state index < -0.39 is 12.1 Å². The summed E-state index contributed by atoms with van der Waals surface area (Å²) in [7, 11) is 0. The Balaban J connectivity index is 2.08. The molecule has 5 nitrogen and oxygen atoms in total. The number of carboxylic acid groups (broad SMARTS) is 1. The first-order valence-electron chi connectivity index (χ1n) is 7.98. The minimum absolute atomic E-state index is 0.120. The van der Waals surface area contributed by atoms with Crippen LogP contribution in [-0.4, -0.2) is 20.6 Å². The minimum atomic E-state index is -1.22. The Morgan fingerprint density at radius 1 is 1.12 bits per heavy atom. The van der Waals surface area contributed by atoms with Gasteiger partial charge in [0.15, 0.2) is 0 Å². The van der Waals surface area contributed by atoms with Gasteiger partial charge in [-0.25, -0.2) is 4.98 Å². The second kappa shape index (κ2) is 6.53. The van der Waals surface area contributed by atoms with E-state index in [-0.39, 0.29) is 5.56 Å². The number of aromatic nitrogens is 2. The number of aliphatic hydroxyl groups is 1. The molecule has 0 fully saturated rings. The molecular formula is C20H19N2O3-. The zero-order valence-electron chi connectivity index (χ0n) is 14.4.